The zero-order chi connectivity index (χ0) is 7.11. The first-order chi connectivity index (χ1) is 4.31. The molecule has 0 heterocycles. The van der Waals surface area contributed by atoms with Crippen LogP contribution in [0.2, 0.25) is 4.47 Å². The van der Waals surface area contributed by atoms with Crippen molar-refractivity contribution in [1.82, 2.24) is 0 Å². The number of hydrogen-bond acceptors (Lipinski definition) is 0. The van der Waals surface area contributed by atoms with Gasteiger partial charge in [0.1, 0.15) is 0 Å². The molecule has 0 unspecified atom stereocenters. The molecule has 0 aromatic heterocycles. The fraction of sp³-hybridized carbons (Fsp3) is 0.750. The second-order valence-electron chi connectivity index (χ2n) is 2.09. The van der Waals surface area contributed by atoms with Gasteiger partial charge in [-0.1, -0.05) is 0 Å². The van der Waals surface area contributed by atoms with Crippen molar-refractivity contribution in [3.8, 4) is 0 Å². The van der Waals surface area contributed by atoms with Crippen LogP contribution in [-0.4, -0.2) is 20.9 Å². The van der Waals surface area contributed by atoms with Gasteiger partial charge in [-0.25, -0.2) is 0 Å². The van der Waals surface area contributed by atoms with E-state index in [1.54, 1.807) is 0 Å². The van der Waals surface area contributed by atoms with Gasteiger partial charge in [0.25, 0.3) is 0 Å². The van der Waals surface area contributed by atoms with Crippen molar-refractivity contribution in [3.63, 3.8) is 0 Å². The molecule has 0 saturated heterocycles. The van der Waals surface area contributed by atoms with Crippen LogP contribution in [0.5, 0.6) is 0 Å². The number of hydrogen-bond donors (Lipinski definition) is 0. The average Bonchev–Trinajstić information content (AvgIpc) is 1.89. The van der Waals surface area contributed by atoms with Crippen LogP contribution >= 0.6 is 0 Å². The molecule has 0 amide bonds. The SMILES string of the molecule is C=C(CC)[Te]CCCC. The van der Waals surface area contributed by atoms with Crippen molar-refractivity contribution in [1.29, 1.82) is 0 Å². The van der Waals surface area contributed by atoms with Crippen LogP contribution in [0.3, 0.4) is 0 Å². The maximum atomic E-state index is 4.00. The molecule has 0 saturated carbocycles. The molecule has 0 radical (unpaired) electrons. The van der Waals surface area contributed by atoms with Crippen molar-refractivity contribution in [2.24, 2.45) is 0 Å². The van der Waals surface area contributed by atoms with Gasteiger partial charge < -0.3 is 0 Å². The Bertz CT molecular complexity index is 76.6. The van der Waals surface area contributed by atoms with E-state index in [-0.39, 0.29) is 20.9 Å². The predicted molar refractivity (Wildman–Crippen MR) is 44.9 cm³/mol. The number of allylic oxidation sites excluding steroid dienone is 1. The molecule has 0 aliphatic heterocycles. The minimum atomic E-state index is 0.201. The Labute approximate surface area is 68.8 Å². The monoisotopic (exact) mass is 242 g/mol. The molecule has 0 atom stereocenters. The summed E-state index contributed by atoms with van der Waals surface area (Å²) < 4.78 is 3.00. The molecule has 0 N–H and O–H groups in total. The summed E-state index contributed by atoms with van der Waals surface area (Å²) in [4.78, 5) is 0. The van der Waals surface area contributed by atoms with Crippen LogP contribution < -0.4 is 0 Å². The van der Waals surface area contributed by atoms with Crippen LogP contribution in [0, 0.1) is 0 Å². The van der Waals surface area contributed by atoms with Gasteiger partial charge in [0.05, 0.1) is 0 Å². The Kier molecular flexibility index (Phi) is 7.04. The zero-order valence-electron chi connectivity index (χ0n) is 6.44. The summed E-state index contributed by atoms with van der Waals surface area (Å²) in [5, 5.41) is 0. The van der Waals surface area contributed by atoms with Crippen LogP contribution in [0.15, 0.2) is 10.2 Å². The van der Waals surface area contributed by atoms with E-state index in [0.29, 0.717) is 0 Å². The van der Waals surface area contributed by atoms with Crippen molar-refractivity contribution < 1.29 is 0 Å². The van der Waals surface area contributed by atoms with E-state index in [1.165, 1.54) is 27.4 Å². The topological polar surface area (TPSA) is 0 Å². The van der Waals surface area contributed by atoms with Gasteiger partial charge in [-0.15, -0.1) is 0 Å². The molecular weight excluding hydrogens is 224 g/mol. The van der Waals surface area contributed by atoms with E-state index in [4.69, 9.17) is 0 Å². The molecule has 0 aromatic rings. The molecule has 0 aromatic carbocycles. The summed E-state index contributed by atoms with van der Waals surface area (Å²) in [7, 11) is 0. The summed E-state index contributed by atoms with van der Waals surface area (Å²) in [6.45, 7) is 8.46. The van der Waals surface area contributed by atoms with Gasteiger partial charge in [0.2, 0.25) is 0 Å². The van der Waals surface area contributed by atoms with Crippen LogP contribution in [0.1, 0.15) is 33.1 Å². The number of unbranched alkanes of at least 4 members (excludes halogenated alkanes) is 1. The molecule has 0 bridgehead atoms. The van der Waals surface area contributed by atoms with Crippen LogP contribution in [0.4, 0.5) is 0 Å². The second-order valence-corrected chi connectivity index (χ2v) is 5.73. The number of rotatable bonds is 5. The van der Waals surface area contributed by atoms with Gasteiger partial charge in [-0.2, -0.15) is 0 Å². The van der Waals surface area contributed by atoms with Gasteiger partial charge in [-0.05, 0) is 0 Å². The molecule has 0 aliphatic carbocycles. The third-order valence-electron chi connectivity index (χ3n) is 1.20. The molecule has 0 rings (SSSR count). The van der Waals surface area contributed by atoms with E-state index in [1.807, 2.05) is 0 Å². The quantitative estimate of drug-likeness (QED) is 0.511. The molecule has 0 spiro atoms. The van der Waals surface area contributed by atoms with E-state index < -0.39 is 0 Å². The molecular formula is C8H16Te. The normalized spacial score (nSPS) is 9.56. The first kappa shape index (κ1) is 9.53. The summed E-state index contributed by atoms with van der Waals surface area (Å²) in [6, 6.07) is 0. The summed E-state index contributed by atoms with van der Waals surface area (Å²) in [5.74, 6) is 0. The molecule has 54 valence electrons. The van der Waals surface area contributed by atoms with Crippen LogP contribution in [-0.2, 0) is 0 Å². The van der Waals surface area contributed by atoms with Gasteiger partial charge in [0, 0.05) is 0 Å². The average molecular weight is 240 g/mol. The van der Waals surface area contributed by atoms with E-state index in [2.05, 4.69) is 20.4 Å². The van der Waals surface area contributed by atoms with E-state index in [0.717, 1.165) is 0 Å². The van der Waals surface area contributed by atoms with Gasteiger partial charge >= 0.3 is 68.7 Å². The fourth-order valence-corrected chi connectivity index (χ4v) is 3.11. The van der Waals surface area contributed by atoms with E-state index in [9.17, 15) is 0 Å². The predicted octanol–water partition coefficient (Wildman–Crippen LogP) is 2.83. The Morgan fingerprint density at radius 3 is 2.56 bits per heavy atom. The molecule has 0 aliphatic rings. The molecule has 0 fully saturated rings. The van der Waals surface area contributed by atoms with Crippen molar-refractivity contribution in [2.75, 3.05) is 0 Å². The van der Waals surface area contributed by atoms with Crippen molar-refractivity contribution in [3.05, 3.63) is 10.2 Å². The Morgan fingerprint density at radius 2 is 2.11 bits per heavy atom. The van der Waals surface area contributed by atoms with Gasteiger partial charge in [-0.3, -0.25) is 0 Å². The summed E-state index contributed by atoms with van der Waals surface area (Å²) in [5.41, 5.74) is 0. The van der Waals surface area contributed by atoms with Gasteiger partial charge in [0.15, 0.2) is 0 Å². The van der Waals surface area contributed by atoms with E-state index >= 15 is 0 Å². The Morgan fingerprint density at radius 1 is 1.44 bits per heavy atom. The van der Waals surface area contributed by atoms with Crippen molar-refractivity contribution in [2.45, 2.75) is 37.6 Å². The fourth-order valence-electron chi connectivity index (χ4n) is 0.463. The van der Waals surface area contributed by atoms with Crippen LogP contribution in [0.25, 0.3) is 0 Å². The van der Waals surface area contributed by atoms with Crippen molar-refractivity contribution >= 4 is 20.9 Å². The second kappa shape index (κ2) is 6.65. The maximum absolute atomic E-state index is 4.00. The molecule has 9 heavy (non-hydrogen) atoms. The standard InChI is InChI=1S/C8H16Te/c1-4-6-7-9-8(3)5-2/h3-7H2,1-2H3. The third-order valence-corrected chi connectivity index (χ3v) is 4.59. The first-order valence-electron chi connectivity index (χ1n) is 3.61. The summed E-state index contributed by atoms with van der Waals surface area (Å²) >= 11 is 0.201. The Hall–Kier alpha value is 0.530. The zero-order valence-corrected chi connectivity index (χ0v) is 8.77. The molecule has 1 heteroatoms. The minimum absolute atomic E-state index is 0.201. The first-order valence-corrected chi connectivity index (χ1v) is 6.43. The molecule has 0 nitrogen and oxygen atoms in total. The Balaban J connectivity index is 2.97. The third kappa shape index (κ3) is 6.41. The summed E-state index contributed by atoms with van der Waals surface area (Å²) in [6.07, 6.45) is 3.98.